The average molecular weight is 286 g/mol. The third kappa shape index (κ3) is 4.01. The molecule has 1 unspecified atom stereocenters. The molecule has 0 aliphatic carbocycles. The zero-order valence-electron chi connectivity index (χ0n) is 12.0. The highest BCUT2D eigenvalue weighted by atomic mass is 32.2. The molecule has 5 nitrogen and oxygen atoms in total. The zero-order chi connectivity index (χ0) is 14.8. The first-order valence-electron chi connectivity index (χ1n) is 5.98. The standard InChI is InChI=1S/C13H22N2O3S/c1-9-6-7-10(19(14)17)8-11(9)15-18-13(4,5)12(2,3)16/h6-8,15-16H,14H2,1-5H3. The first-order chi connectivity index (χ1) is 8.54. The molecule has 0 saturated heterocycles. The normalized spacial score (nSPS) is 14.3. The summed E-state index contributed by atoms with van der Waals surface area (Å²) in [5.74, 6) is 0. The lowest BCUT2D eigenvalue weighted by atomic mass is 9.90. The van der Waals surface area contributed by atoms with Gasteiger partial charge < -0.3 is 5.11 Å². The smallest absolute Gasteiger partial charge is 0.122 e. The molecule has 0 saturated carbocycles. The number of aliphatic hydroxyl groups is 1. The minimum Gasteiger partial charge on any atom is -0.387 e. The fourth-order valence-corrected chi connectivity index (χ4v) is 1.58. The molecule has 0 fully saturated rings. The van der Waals surface area contributed by atoms with Crippen LogP contribution in [0.2, 0.25) is 0 Å². The van der Waals surface area contributed by atoms with Crippen molar-refractivity contribution < 1.29 is 14.2 Å². The van der Waals surface area contributed by atoms with Gasteiger partial charge in [-0.2, -0.15) is 0 Å². The van der Waals surface area contributed by atoms with Gasteiger partial charge in [0.2, 0.25) is 0 Å². The number of nitrogens with two attached hydrogens (primary N) is 1. The number of nitrogens with one attached hydrogen (secondary N) is 1. The van der Waals surface area contributed by atoms with E-state index in [1.807, 2.05) is 13.0 Å². The zero-order valence-corrected chi connectivity index (χ0v) is 12.8. The topological polar surface area (TPSA) is 84.6 Å². The third-order valence-electron chi connectivity index (χ3n) is 3.33. The molecular weight excluding hydrogens is 264 g/mol. The maximum absolute atomic E-state index is 11.2. The Balaban J connectivity index is 2.89. The lowest BCUT2D eigenvalue weighted by molar-refractivity contribution is -0.130. The predicted molar refractivity (Wildman–Crippen MR) is 76.9 cm³/mol. The van der Waals surface area contributed by atoms with Crippen molar-refractivity contribution in [3.05, 3.63) is 23.8 Å². The third-order valence-corrected chi connectivity index (χ3v) is 4.05. The van der Waals surface area contributed by atoms with Gasteiger partial charge in [-0.1, -0.05) is 6.07 Å². The Morgan fingerprint density at radius 3 is 2.37 bits per heavy atom. The molecule has 1 rings (SSSR count). The Morgan fingerprint density at radius 1 is 1.32 bits per heavy atom. The van der Waals surface area contributed by atoms with E-state index >= 15 is 0 Å². The largest absolute Gasteiger partial charge is 0.387 e. The highest BCUT2D eigenvalue weighted by Crippen LogP contribution is 2.27. The van der Waals surface area contributed by atoms with E-state index < -0.39 is 22.2 Å². The summed E-state index contributed by atoms with van der Waals surface area (Å²) >= 11 is 0. The van der Waals surface area contributed by atoms with E-state index in [0.717, 1.165) is 5.56 Å². The number of hydrogen-bond donors (Lipinski definition) is 3. The van der Waals surface area contributed by atoms with Crippen molar-refractivity contribution in [2.24, 2.45) is 5.14 Å². The van der Waals surface area contributed by atoms with Crippen molar-refractivity contribution in [1.29, 1.82) is 0 Å². The Morgan fingerprint density at radius 2 is 1.89 bits per heavy atom. The first-order valence-corrected chi connectivity index (χ1v) is 7.19. The average Bonchev–Trinajstić information content (AvgIpc) is 2.26. The van der Waals surface area contributed by atoms with Gasteiger partial charge >= 0.3 is 0 Å². The monoisotopic (exact) mass is 286 g/mol. The molecule has 0 spiro atoms. The molecule has 1 atom stereocenters. The lowest BCUT2D eigenvalue weighted by Crippen LogP contribution is -2.48. The summed E-state index contributed by atoms with van der Waals surface area (Å²) in [7, 11) is -1.53. The van der Waals surface area contributed by atoms with Gasteiger partial charge in [0.1, 0.15) is 16.6 Å². The van der Waals surface area contributed by atoms with Crippen LogP contribution in [0.1, 0.15) is 33.3 Å². The Bertz CT molecular complexity index is 481. The number of rotatable bonds is 5. The molecule has 0 heterocycles. The second-order valence-electron chi connectivity index (χ2n) is 5.55. The van der Waals surface area contributed by atoms with Gasteiger partial charge in [0.05, 0.1) is 16.2 Å². The molecule has 1 aromatic carbocycles. The summed E-state index contributed by atoms with van der Waals surface area (Å²) in [6.45, 7) is 8.80. The van der Waals surface area contributed by atoms with Gasteiger partial charge in [0, 0.05) is 0 Å². The summed E-state index contributed by atoms with van der Waals surface area (Å²) in [4.78, 5) is 6.07. The van der Waals surface area contributed by atoms with Gasteiger partial charge in [0.25, 0.3) is 0 Å². The van der Waals surface area contributed by atoms with E-state index in [1.165, 1.54) is 0 Å². The van der Waals surface area contributed by atoms with Crippen molar-refractivity contribution in [2.75, 3.05) is 5.48 Å². The van der Waals surface area contributed by atoms with E-state index in [2.05, 4.69) is 5.48 Å². The lowest BCUT2D eigenvalue weighted by Gasteiger charge is -2.36. The van der Waals surface area contributed by atoms with Crippen LogP contribution >= 0.6 is 0 Å². The van der Waals surface area contributed by atoms with E-state index in [-0.39, 0.29) is 0 Å². The van der Waals surface area contributed by atoms with Gasteiger partial charge in [-0.05, 0) is 52.3 Å². The van der Waals surface area contributed by atoms with Crippen LogP contribution in [0.3, 0.4) is 0 Å². The van der Waals surface area contributed by atoms with Crippen LogP contribution in [0.4, 0.5) is 5.69 Å². The van der Waals surface area contributed by atoms with Crippen LogP contribution in [0, 0.1) is 6.92 Å². The maximum Gasteiger partial charge on any atom is 0.122 e. The van der Waals surface area contributed by atoms with Crippen LogP contribution in [-0.2, 0) is 15.8 Å². The summed E-state index contributed by atoms with van der Waals surface area (Å²) in [5, 5.41) is 15.3. The summed E-state index contributed by atoms with van der Waals surface area (Å²) in [6, 6.07) is 5.19. The van der Waals surface area contributed by atoms with E-state index in [4.69, 9.17) is 9.98 Å². The molecule has 0 bridgehead atoms. The highest BCUT2D eigenvalue weighted by molar-refractivity contribution is 7.82. The molecule has 0 radical (unpaired) electrons. The highest BCUT2D eigenvalue weighted by Gasteiger charge is 2.37. The second-order valence-corrected chi connectivity index (χ2v) is 6.61. The van der Waals surface area contributed by atoms with Crippen LogP contribution < -0.4 is 10.6 Å². The molecule has 0 aliphatic rings. The molecule has 1 aromatic rings. The molecule has 6 heteroatoms. The van der Waals surface area contributed by atoms with E-state index in [0.29, 0.717) is 10.6 Å². The van der Waals surface area contributed by atoms with Crippen molar-refractivity contribution in [3.63, 3.8) is 0 Å². The van der Waals surface area contributed by atoms with Crippen LogP contribution in [0.15, 0.2) is 23.1 Å². The number of benzene rings is 1. The Labute approximate surface area is 116 Å². The van der Waals surface area contributed by atoms with Crippen LogP contribution in [-0.4, -0.2) is 20.5 Å². The van der Waals surface area contributed by atoms with Crippen molar-refractivity contribution in [1.82, 2.24) is 0 Å². The molecular formula is C13H22N2O3S. The minimum absolute atomic E-state index is 0.512. The predicted octanol–water partition coefficient (Wildman–Crippen LogP) is 1.87. The van der Waals surface area contributed by atoms with Crippen LogP contribution in [0.25, 0.3) is 0 Å². The first kappa shape index (κ1) is 16.1. The van der Waals surface area contributed by atoms with Crippen molar-refractivity contribution >= 4 is 16.7 Å². The molecule has 0 amide bonds. The summed E-state index contributed by atoms with van der Waals surface area (Å²) in [6.07, 6.45) is 0. The van der Waals surface area contributed by atoms with E-state index in [9.17, 15) is 9.32 Å². The molecule has 108 valence electrons. The minimum atomic E-state index is -1.53. The quantitative estimate of drug-likeness (QED) is 0.721. The summed E-state index contributed by atoms with van der Waals surface area (Å²) < 4.78 is 11.2. The van der Waals surface area contributed by atoms with Gasteiger partial charge in [-0.3, -0.25) is 10.3 Å². The van der Waals surface area contributed by atoms with Gasteiger partial charge in [-0.15, -0.1) is 0 Å². The summed E-state index contributed by atoms with van der Waals surface area (Å²) in [5.41, 5.74) is 2.60. The fraction of sp³-hybridized carbons (Fsp3) is 0.538. The number of aryl methyl sites for hydroxylation is 1. The Kier molecular flexibility index (Phi) is 4.73. The number of anilines is 1. The van der Waals surface area contributed by atoms with Crippen molar-refractivity contribution in [2.45, 2.75) is 50.7 Å². The fourth-order valence-electron chi connectivity index (χ4n) is 1.14. The number of hydrogen-bond acceptors (Lipinski definition) is 4. The van der Waals surface area contributed by atoms with E-state index in [1.54, 1.807) is 39.8 Å². The van der Waals surface area contributed by atoms with Gasteiger partial charge in [0.15, 0.2) is 0 Å². The molecule has 19 heavy (non-hydrogen) atoms. The van der Waals surface area contributed by atoms with Crippen molar-refractivity contribution in [3.8, 4) is 0 Å². The SMILES string of the molecule is Cc1ccc(S(N)=O)cc1NOC(C)(C)C(C)(C)O. The molecule has 4 N–H and O–H groups in total. The van der Waals surface area contributed by atoms with Crippen LogP contribution in [0.5, 0.6) is 0 Å². The molecule has 0 aromatic heterocycles. The molecule has 0 aliphatic heterocycles. The Hall–Kier alpha value is -0.950. The van der Waals surface area contributed by atoms with Gasteiger partial charge in [-0.25, -0.2) is 9.35 Å². The maximum atomic E-state index is 11.2. The second kappa shape index (κ2) is 5.58.